The topological polar surface area (TPSA) is 76.6 Å². The number of rotatable bonds is 7. The van der Waals surface area contributed by atoms with Gasteiger partial charge in [-0.05, 0) is 25.3 Å². The highest BCUT2D eigenvalue weighted by Gasteiger charge is 2.15. The third-order valence-corrected chi connectivity index (χ3v) is 4.92. The standard InChI is InChI=1S/C19H24N4O3S/c1-14-21-17(23-8-11-25-12-9-23)13-18(22-14)26-10-7-20-19(24)15-5-3-4-6-16(15)27-2/h3-6,13H,7-12H2,1-2H3,(H,20,24). The van der Waals surface area contributed by atoms with Crippen molar-refractivity contribution in [2.75, 3.05) is 50.6 Å². The Balaban J connectivity index is 1.53. The molecule has 27 heavy (non-hydrogen) atoms. The van der Waals surface area contributed by atoms with Crippen LogP contribution in [0.1, 0.15) is 16.2 Å². The molecule has 8 heteroatoms. The van der Waals surface area contributed by atoms with Gasteiger partial charge in [0.25, 0.3) is 5.91 Å². The van der Waals surface area contributed by atoms with E-state index in [-0.39, 0.29) is 5.91 Å². The molecule has 1 amide bonds. The van der Waals surface area contributed by atoms with E-state index in [9.17, 15) is 4.79 Å². The summed E-state index contributed by atoms with van der Waals surface area (Å²) in [4.78, 5) is 24.2. The van der Waals surface area contributed by atoms with Crippen molar-refractivity contribution >= 4 is 23.5 Å². The summed E-state index contributed by atoms with van der Waals surface area (Å²) >= 11 is 1.55. The maximum Gasteiger partial charge on any atom is 0.252 e. The maximum atomic E-state index is 12.3. The van der Waals surface area contributed by atoms with Crippen molar-refractivity contribution in [3.8, 4) is 5.88 Å². The Labute approximate surface area is 163 Å². The summed E-state index contributed by atoms with van der Waals surface area (Å²) in [6.07, 6.45) is 1.96. The van der Waals surface area contributed by atoms with Crippen LogP contribution in [-0.2, 0) is 4.74 Å². The number of nitrogens with one attached hydrogen (secondary N) is 1. The molecular weight excluding hydrogens is 364 g/mol. The van der Waals surface area contributed by atoms with Gasteiger partial charge < -0.3 is 19.7 Å². The van der Waals surface area contributed by atoms with Crippen molar-refractivity contribution in [2.45, 2.75) is 11.8 Å². The van der Waals surface area contributed by atoms with Crippen LogP contribution >= 0.6 is 11.8 Å². The van der Waals surface area contributed by atoms with Gasteiger partial charge in [-0.3, -0.25) is 4.79 Å². The Morgan fingerprint density at radius 2 is 2.07 bits per heavy atom. The van der Waals surface area contributed by atoms with Crippen LogP contribution in [0.4, 0.5) is 5.82 Å². The van der Waals surface area contributed by atoms with Crippen LogP contribution in [0.15, 0.2) is 35.2 Å². The van der Waals surface area contributed by atoms with Crippen LogP contribution in [0.2, 0.25) is 0 Å². The van der Waals surface area contributed by atoms with Crippen molar-refractivity contribution in [3.63, 3.8) is 0 Å². The Bertz CT molecular complexity index is 781. The summed E-state index contributed by atoms with van der Waals surface area (Å²) in [7, 11) is 0. The number of benzene rings is 1. The Kier molecular flexibility index (Phi) is 6.89. The van der Waals surface area contributed by atoms with Gasteiger partial charge in [-0.15, -0.1) is 11.8 Å². The Morgan fingerprint density at radius 1 is 1.30 bits per heavy atom. The molecule has 7 nitrogen and oxygen atoms in total. The molecule has 1 aliphatic heterocycles. The number of aryl methyl sites for hydroxylation is 1. The van der Waals surface area contributed by atoms with Gasteiger partial charge in [0, 0.05) is 24.1 Å². The zero-order valence-electron chi connectivity index (χ0n) is 15.6. The minimum Gasteiger partial charge on any atom is -0.476 e. The fourth-order valence-corrected chi connectivity index (χ4v) is 3.40. The number of hydrogen-bond donors (Lipinski definition) is 1. The first-order chi connectivity index (χ1) is 13.2. The zero-order valence-corrected chi connectivity index (χ0v) is 16.4. The second-order valence-corrected chi connectivity index (χ2v) is 6.86. The van der Waals surface area contributed by atoms with E-state index in [4.69, 9.17) is 9.47 Å². The van der Waals surface area contributed by atoms with Crippen molar-refractivity contribution in [1.29, 1.82) is 0 Å². The van der Waals surface area contributed by atoms with Crippen molar-refractivity contribution in [2.24, 2.45) is 0 Å². The minimum absolute atomic E-state index is 0.101. The molecule has 1 saturated heterocycles. The summed E-state index contributed by atoms with van der Waals surface area (Å²) in [6, 6.07) is 9.39. The summed E-state index contributed by atoms with van der Waals surface area (Å²) in [6.45, 7) is 5.59. The molecule has 0 saturated carbocycles. The number of carbonyl (C=O) groups is 1. The molecule has 144 valence electrons. The van der Waals surface area contributed by atoms with E-state index in [0.29, 0.717) is 43.6 Å². The average Bonchev–Trinajstić information content (AvgIpc) is 2.71. The highest BCUT2D eigenvalue weighted by molar-refractivity contribution is 7.98. The van der Waals surface area contributed by atoms with Crippen LogP contribution in [0.25, 0.3) is 0 Å². The first-order valence-corrected chi connectivity index (χ1v) is 10.1. The molecule has 0 spiro atoms. The Morgan fingerprint density at radius 3 is 2.85 bits per heavy atom. The fourth-order valence-electron chi connectivity index (χ4n) is 2.80. The molecule has 1 aromatic carbocycles. The Hall–Kier alpha value is -2.32. The number of nitrogens with zero attached hydrogens (tertiary/aromatic N) is 3. The van der Waals surface area contributed by atoms with Crippen molar-refractivity contribution in [3.05, 3.63) is 41.7 Å². The lowest BCUT2D eigenvalue weighted by atomic mass is 10.2. The molecule has 0 radical (unpaired) electrons. The van der Waals surface area contributed by atoms with E-state index in [1.807, 2.05) is 43.5 Å². The fraction of sp³-hybridized carbons (Fsp3) is 0.421. The molecule has 2 heterocycles. The van der Waals surface area contributed by atoms with E-state index in [1.54, 1.807) is 11.8 Å². The number of ether oxygens (including phenoxy) is 2. The van der Waals surface area contributed by atoms with E-state index >= 15 is 0 Å². The molecule has 3 rings (SSSR count). The van der Waals surface area contributed by atoms with Crippen LogP contribution in [0.3, 0.4) is 0 Å². The summed E-state index contributed by atoms with van der Waals surface area (Å²) in [5, 5.41) is 2.89. The molecule has 0 aliphatic carbocycles. The number of hydrogen-bond acceptors (Lipinski definition) is 7. The SMILES string of the molecule is CSc1ccccc1C(=O)NCCOc1cc(N2CCOCC2)nc(C)n1. The molecule has 2 aromatic rings. The first-order valence-electron chi connectivity index (χ1n) is 8.90. The van der Waals surface area contributed by atoms with Crippen LogP contribution in [0.5, 0.6) is 5.88 Å². The van der Waals surface area contributed by atoms with Gasteiger partial charge >= 0.3 is 0 Å². The van der Waals surface area contributed by atoms with E-state index in [0.717, 1.165) is 23.8 Å². The largest absolute Gasteiger partial charge is 0.476 e. The maximum absolute atomic E-state index is 12.3. The minimum atomic E-state index is -0.101. The molecule has 0 unspecified atom stereocenters. The van der Waals surface area contributed by atoms with Gasteiger partial charge in [0.15, 0.2) is 0 Å². The van der Waals surface area contributed by atoms with Gasteiger partial charge in [0.1, 0.15) is 18.2 Å². The van der Waals surface area contributed by atoms with Crippen LogP contribution in [0, 0.1) is 6.92 Å². The predicted molar refractivity (Wildman–Crippen MR) is 106 cm³/mol. The number of morpholine rings is 1. The molecule has 0 bridgehead atoms. The summed E-state index contributed by atoms with van der Waals surface area (Å²) < 4.78 is 11.1. The number of thioether (sulfide) groups is 1. The number of aromatic nitrogens is 2. The molecule has 1 aliphatic rings. The van der Waals surface area contributed by atoms with E-state index < -0.39 is 0 Å². The zero-order chi connectivity index (χ0) is 19.1. The first kappa shape index (κ1) is 19.4. The normalized spacial score (nSPS) is 14.1. The third kappa shape index (κ3) is 5.33. The molecule has 0 atom stereocenters. The quantitative estimate of drug-likeness (QED) is 0.575. The van der Waals surface area contributed by atoms with Crippen LogP contribution < -0.4 is 15.0 Å². The highest BCUT2D eigenvalue weighted by atomic mass is 32.2. The lowest BCUT2D eigenvalue weighted by Gasteiger charge is -2.28. The number of carbonyl (C=O) groups excluding carboxylic acids is 1. The van der Waals surface area contributed by atoms with E-state index in [2.05, 4.69) is 20.2 Å². The summed E-state index contributed by atoms with van der Waals surface area (Å²) in [5.74, 6) is 1.92. The monoisotopic (exact) mass is 388 g/mol. The lowest BCUT2D eigenvalue weighted by Crippen LogP contribution is -2.37. The molecule has 1 aromatic heterocycles. The number of amides is 1. The van der Waals surface area contributed by atoms with Crippen molar-refractivity contribution in [1.82, 2.24) is 15.3 Å². The second-order valence-electron chi connectivity index (χ2n) is 6.02. The molecular formula is C19H24N4O3S. The van der Waals surface area contributed by atoms with Crippen molar-refractivity contribution < 1.29 is 14.3 Å². The second kappa shape index (κ2) is 9.57. The molecule has 1 N–H and O–H groups in total. The smallest absolute Gasteiger partial charge is 0.252 e. The van der Waals surface area contributed by atoms with Gasteiger partial charge in [-0.25, -0.2) is 4.98 Å². The van der Waals surface area contributed by atoms with Gasteiger partial charge in [-0.2, -0.15) is 4.98 Å². The predicted octanol–water partition coefficient (Wildman–Crippen LogP) is 2.15. The van der Waals surface area contributed by atoms with E-state index in [1.165, 1.54) is 0 Å². The number of anilines is 1. The lowest BCUT2D eigenvalue weighted by molar-refractivity contribution is 0.0943. The average molecular weight is 388 g/mol. The van der Waals surface area contributed by atoms with Gasteiger partial charge in [0.2, 0.25) is 5.88 Å². The molecule has 1 fully saturated rings. The van der Waals surface area contributed by atoms with Crippen LogP contribution in [-0.4, -0.2) is 61.6 Å². The summed E-state index contributed by atoms with van der Waals surface area (Å²) in [5.41, 5.74) is 0.678. The third-order valence-electron chi connectivity index (χ3n) is 4.13. The highest BCUT2D eigenvalue weighted by Crippen LogP contribution is 2.20. The van der Waals surface area contributed by atoms with Gasteiger partial charge in [-0.1, -0.05) is 12.1 Å². The van der Waals surface area contributed by atoms with Gasteiger partial charge in [0.05, 0.1) is 25.3 Å².